The van der Waals surface area contributed by atoms with Crippen LogP contribution in [-0.4, -0.2) is 29.1 Å². The van der Waals surface area contributed by atoms with Crippen molar-refractivity contribution < 1.29 is 19.5 Å². The molecule has 0 bridgehead atoms. The van der Waals surface area contributed by atoms with Crippen molar-refractivity contribution in [2.45, 2.75) is 13.3 Å². The topological polar surface area (TPSA) is 66.8 Å². The van der Waals surface area contributed by atoms with Gasteiger partial charge in [0.15, 0.2) is 0 Å². The van der Waals surface area contributed by atoms with Gasteiger partial charge in [0.05, 0.1) is 6.61 Å². The van der Waals surface area contributed by atoms with Crippen LogP contribution in [0.3, 0.4) is 0 Å². The van der Waals surface area contributed by atoms with E-state index >= 15 is 0 Å². The summed E-state index contributed by atoms with van der Waals surface area (Å²) in [4.78, 5) is 29.9. The van der Waals surface area contributed by atoms with Crippen LogP contribution >= 0.6 is 0 Å². The minimum atomic E-state index is -0.501. The minimum Gasteiger partial charge on any atom is -0.508 e. The normalized spacial score (nSPS) is 10.6. The first-order chi connectivity index (χ1) is 16.6. The van der Waals surface area contributed by atoms with Crippen LogP contribution in [-0.2, 0) is 16.1 Å². The molecule has 4 aromatic carbocycles. The average Bonchev–Trinajstić information content (AvgIpc) is 2.87. The highest BCUT2D eigenvalue weighted by Crippen LogP contribution is 2.31. The summed E-state index contributed by atoms with van der Waals surface area (Å²) >= 11 is 0. The van der Waals surface area contributed by atoms with Crippen molar-refractivity contribution in [2.24, 2.45) is 0 Å². The number of hydrogen-bond donors (Lipinski definition) is 1. The third-order valence-electron chi connectivity index (χ3n) is 5.64. The van der Waals surface area contributed by atoms with Crippen LogP contribution in [0.15, 0.2) is 97.1 Å². The van der Waals surface area contributed by atoms with Crippen LogP contribution in [0.4, 0.5) is 0 Å². The summed E-state index contributed by atoms with van der Waals surface area (Å²) in [6.07, 6.45) is 0.850. The lowest BCUT2D eigenvalue weighted by atomic mass is 9.93. The van der Waals surface area contributed by atoms with Gasteiger partial charge in [0.25, 0.3) is 5.91 Å². The number of hydroxylamine groups is 2. The molecule has 5 heteroatoms. The molecule has 2 amide bonds. The Bertz CT molecular complexity index is 1300. The van der Waals surface area contributed by atoms with E-state index in [9.17, 15) is 14.7 Å². The Morgan fingerprint density at radius 1 is 0.853 bits per heavy atom. The lowest BCUT2D eigenvalue weighted by Gasteiger charge is -2.17. The van der Waals surface area contributed by atoms with E-state index in [4.69, 9.17) is 4.84 Å². The van der Waals surface area contributed by atoms with Crippen molar-refractivity contribution in [2.75, 3.05) is 6.61 Å². The smallest absolute Gasteiger partial charge is 0.284 e. The maximum absolute atomic E-state index is 12.7. The van der Waals surface area contributed by atoms with Crippen molar-refractivity contribution in [1.82, 2.24) is 5.06 Å². The van der Waals surface area contributed by atoms with Gasteiger partial charge in [0, 0.05) is 5.56 Å². The molecule has 34 heavy (non-hydrogen) atoms. The lowest BCUT2D eigenvalue weighted by Crippen LogP contribution is -2.31. The number of benzene rings is 4. The lowest BCUT2D eigenvalue weighted by molar-refractivity contribution is -0.155. The van der Waals surface area contributed by atoms with Crippen LogP contribution in [0, 0.1) is 6.92 Å². The average molecular weight is 452 g/mol. The van der Waals surface area contributed by atoms with E-state index in [0.29, 0.717) is 18.4 Å². The van der Waals surface area contributed by atoms with Crippen LogP contribution in [0.2, 0.25) is 0 Å². The molecule has 0 radical (unpaired) electrons. The van der Waals surface area contributed by atoms with Gasteiger partial charge in [-0.2, -0.15) is 5.06 Å². The SMILES string of the molecule is Cc1ccccc1C(=O)N(C=O)OCCc1cc(-c2ccccc2)ccc1-c1cccc(O)c1. The molecular weight excluding hydrogens is 426 g/mol. The second-order valence-corrected chi connectivity index (χ2v) is 7.92. The number of aromatic hydroxyl groups is 1. The molecule has 0 saturated heterocycles. The molecule has 0 aromatic heterocycles. The monoisotopic (exact) mass is 451 g/mol. The van der Waals surface area contributed by atoms with Crippen molar-refractivity contribution in [3.63, 3.8) is 0 Å². The molecule has 0 atom stereocenters. The number of phenols is 1. The van der Waals surface area contributed by atoms with Gasteiger partial charge >= 0.3 is 0 Å². The van der Waals surface area contributed by atoms with Gasteiger partial charge in [-0.1, -0.05) is 78.9 Å². The van der Waals surface area contributed by atoms with Crippen LogP contribution < -0.4 is 0 Å². The standard InChI is InChI=1S/C29H25NO4/c1-21-8-5-6-13-27(21)29(33)30(20-31)34-17-16-25-18-23(22-9-3-2-4-10-22)14-15-28(25)24-11-7-12-26(32)19-24/h2-15,18-20,32H,16-17H2,1H3. The summed E-state index contributed by atoms with van der Waals surface area (Å²) < 4.78 is 0. The number of carbonyl (C=O) groups excluding carboxylic acids is 2. The molecule has 5 nitrogen and oxygen atoms in total. The van der Waals surface area contributed by atoms with Gasteiger partial charge in [0.2, 0.25) is 6.41 Å². The zero-order valence-corrected chi connectivity index (χ0v) is 18.8. The maximum atomic E-state index is 12.7. The molecule has 4 rings (SSSR count). The van der Waals surface area contributed by atoms with E-state index in [1.807, 2.05) is 67.6 Å². The second-order valence-electron chi connectivity index (χ2n) is 7.92. The molecule has 0 heterocycles. The van der Waals surface area contributed by atoms with Crippen molar-refractivity contribution >= 4 is 12.3 Å². The van der Waals surface area contributed by atoms with Gasteiger partial charge in [0.1, 0.15) is 5.75 Å². The molecule has 0 aliphatic carbocycles. The summed E-state index contributed by atoms with van der Waals surface area (Å²) in [7, 11) is 0. The van der Waals surface area contributed by atoms with Crippen molar-refractivity contribution in [3.8, 4) is 28.0 Å². The zero-order chi connectivity index (χ0) is 23.9. The summed E-state index contributed by atoms with van der Waals surface area (Å²) in [6.45, 7) is 1.94. The first-order valence-corrected chi connectivity index (χ1v) is 11.0. The first-order valence-electron chi connectivity index (χ1n) is 11.0. The molecule has 0 saturated carbocycles. The Balaban J connectivity index is 1.58. The molecule has 1 N–H and O–H groups in total. The van der Waals surface area contributed by atoms with Crippen LogP contribution in [0.5, 0.6) is 5.75 Å². The van der Waals surface area contributed by atoms with E-state index in [-0.39, 0.29) is 12.4 Å². The number of nitrogens with zero attached hydrogens (tertiary/aromatic N) is 1. The number of aryl methyl sites for hydroxylation is 1. The number of imide groups is 1. The minimum absolute atomic E-state index is 0.125. The van der Waals surface area contributed by atoms with Crippen LogP contribution in [0.25, 0.3) is 22.3 Å². The van der Waals surface area contributed by atoms with Gasteiger partial charge in [-0.05, 0) is 64.9 Å². The molecule has 0 fully saturated rings. The van der Waals surface area contributed by atoms with Crippen molar-refractivity contribution in [3.05, 3.63) is 114 Å². The second kappa shape index (κ2) is 10.6. The third-order valence-corrected chi connectivity index (χ3v) is 5.64. The summed E-state index contributed by atoms with van der Waals surface area (Å²) in [5.41, 5.74) is 6.10. The number of hydrogen-bond acceptors (Lipinski definition) is 4. The van der Waals surface area contributed by atoms with E-state index in [2.05, 4.69) is 6.07 Å². The zero-order valence-electron chi connectivity index (χ0n) is 18.8. The maximum Gasteiger partial charge on any atom is 0.284 e. The van der Waals surface area contributed by atoms with E-state index in [0.717, 1.165) is 38.4 Å². The third kappa shape index (κ3) is 5.22. The Hall–Kier alpha value is -4.22. The Morgan fingerprint density at radius 2 is 1.59 bits per heavy atom. The number of amides is 2. The highest BCUT2D eigenvalue weighted by Gasteiger charge is 2.18. The largest absolute Gasteiger partial charge is 0.508 e. The number of carbonyl (C=O) groups is 2. The van der Waals surface area contributed by atoms with Gasteiger partial charge in [-0.3, -0.25) is 14.4 Å². The summed E-state index contributed by atoms with van der Waals surface area (Å²) in [5, 5.41) is 10.7. The van der Waals surface area contributed by atoms with Gasteiger partial charge < -0.3 is 5.11 Å². The van der Waals surface area contributed by atoms with Gasteiger partial charge in [-0.15, -0.1) is 0 Å². The first kappa shape index (κ1) is 23.0. The molecule has 170 valence electrons. The molecule has 0 unspecified atom stereocenters. The summed E-state index contributed by atoms with van der Waals surface area (Å²) in [6, 6.07) is 30.3. The quantitative estimate of drug-likeness (QED) is 0.271. The highest BCUT2D eigenvalue weighted by atomic mass is 16.7. The predicted octanol–water partition coefficient (Wildman–Crippen LogP) is 5.81. The Morgan fingerprint density at radius 3 is 2.32 bits per heavy atom. The number of phenolic OH excluding ortho intramolecular Hbond substituents is 1. The summed E-state index contributed by atoms with van der Waals surface area (Å²) in [5.74, 6) is -0.317. The highest BCUT2D eigenvalue weighted by molar-refractivity contribution is 5.99. The molecular formula is C29H25NO4. The van der Waals surface area contributed by atoms with Crippen molar-refractivity contribution in [1.29, 1.82) is 0 Å². The predicted molar refractivity (Wildman–Crippen MR) is 132 cm³/mol. The molecule has 0 spiro atoms. The fourth-order valence-electron chi connectivity index (χ4n) is 3.89. The Kier molecular flexibility index (Phi) is 7.16. The molecule has 0 aliphatic rings. The van der Waals surface area contributed by atoms with Gasteiger partial charge in [-0.25, -0.2) is 0 Å². The van der Waals surface area contributed by atoms with E-state index < -0.39 is 5.91 Å². The van der Waals surface area contributed by atoms with E-state index in [1.165, 1.54) is 0 Å². The molecule has 0 aliphatic heterocycles. The number of rotatable bonds is 8. The van der Waals surface area contributed by atoms with Crippen LogP contribution in [0.1, 0.15) is 21.5 Å². The van der Waals surface area contributed by atoms with E-state index in [1.54, 1.807) is 30.3 Å². The Labute approximate surface area is 198 Å². The molecule has 4 aromatic rings. The fourth-order valence-corrected chi connectivity index (χ4v) is 3.89. The fraction of sp³-hybridized carbons (Fsp3) is 0.103.